The Morgan fingerprint density at radius 1 is 0.771 bits per heavy atom. The lowest BCUT2D eigenvalue weighted by atomic mass is 9.99. The molecule has 1 unspecified atom stereocenters. The molecule has 1 saturated heterocycles. The monoisotopic (exact) mass is 522 g/mol. The van der Waals surface area contributed by atoms with E-state index in [0.29, 0.717) is 6.08 Å². The first-order valence-electron chi connectivity index (χ1n) is 9.91. The molecule has 0 spiro atoms. The number of esters is 6. The standard InChI is InChI=1S/C20H26O14S/c1-9(21)30-8-13-16(31-10(2)22)17(32-11(3)23)18(33-12(4)24)20(34-13)35(27)14(19(26)29-6)7-15(25)28-5/h7,13,16-18,20H,8H2,1-6H3/b14-7+/t13-,16-,17+,18-,20-,35?/m1/s1. The van der Waals surface area contributed by atoms with Gasteiger partial charge in [-0.1, -0.05) is 0 Å². The van der Waals surface area contributed by atoms with E-state index >= 15 is 0 Å². The van der Waals surface area contributed by atoms with Crippen LogP contribution >= 0.6 is 0 Å². The van der Waals surface area contributed by atoms with Crippen LogP contribution in [0.25, 0.3) is 0 Å². The van der Waals surface area contributed by atoms with Gasteiger partial charge < -0.3 is 33.2 Å². The maximum atomic E-state index is 13.4. The summed E-state index contributed by atoms with van der Waals surface area (Å²) in [4.78, 5) is 70.1. The van der Waals surface area contributed by atoms with Crippen molar-refractivity contribution in [2.24, 2.45) is 0 Å². The van der Waals surface area contributed by atoms with Crippen molar-refractivity contribution in [1.82, 2.24) is 0 Å². The van der Waals surface area contributed by atoms with Crippen LogP contribution in [0.4, 0.5) is 0 Å². The molecule has 1 rings (SSSR count). The molecule has 14 nitrogen and oxygen atoms in total. The summed E-state index contributed by atoms with van der Waals surface area (Å²) in [6, 6.07) is 0. The van der Waals surface area contributed by atoms with E-state index in [1.54, 1.807) is 0 Å². The van der Waals surface area contributed by atoms with Crippen LogP contribution in [0.5, 0.6) is 0 Å². The highest BCUT2D eigenvalue weighted by Crippen LogP contribution is 2.32. The molecule has 196 valence electrons. The summed E-state index contributed by atoms with van der Waals surface area (Å²) in [5, 5.41) is 0. The fourth-order valence-electron chi connectivity index (χ4n) is 2.95. The van der Waals surface area contributed by atoms with Crippen molar-refractivity contribution in [2.45, 2.75) is 57.5 Å². The zero-order chi connectivity index (χ0) is 26.9. The molecule has 0 amide bonds. The zero-order valence-electron chi connectivity index (χ0n) is 19.8. The van der Waals surface area contributed by atoms with E-state index in [0.717, 1.165) is 41.9 Å². The third kappa shape index (κ3) is 8.75. The van der Waals surface area contributed by atoms with Crippen LogP contribution in [-0.2, 0) is 72.7 Å². The average molecular weight is 522 g/mol. The molecule has 15 heteroatoms. The van der Waals surface area contributed by atoms with Crippen molar-refractivity contribution in [1.29, 1.82) is 0 Å². The van der Waals surface area contributed by atoms with E-state index in [1.165, 1.54) is 0 Å². The van der Waals surface area contributed by atoms with Crippen LogP contribution in [0, 0.1) is 0 Å². The van der Waals surface area contributed by atoms with Crippen LogP contribution in [0.1, 0.15) is 27.7 Å². The summed E-state index contributed by atoms with van der Waals surface area (Å²) in [5.74, 6) is -5.72. The quantitative estimate of drug-likeness (QED) is 0.205. The van der Waals surface area contributed by atoms with Gasteiger partial charge in [0.25, 0.3) is 0 Å². The van der Waals surface area contributed by atoms with E-state index in [4.69, 9.17) is 23.7 Å². The Morgan fingerprint density at radius 3 is 1.74 bits per heavy atom. The first kappa shape index (κ1) is 29.7. The highest BCUT2D eigenvalue weighted by atomic mass is 32.2. The lowest BCUT2D eigenvalue weighted by Crippen LogP contribution is -2.63. The van der Waals surface area contributed by atoms with Crippen molar-refractivity contribution >= 4 is 46.6 Å². The summed E-state index contributed by atoms with van der Waals surface area (Å²) < 4.78 is 48.7. The van der Waals surface area contributed by atoms with E-state index < -0.39 is 88.0 Å². The third-order valence-corrected chi connectivity index (χ3v) is 5.73. The molecule has 0 aromatic carbocycles. The van der Waals surface area contributed by atoms with Crippen molar-refractivity contribution in [3.8, 4) is 0 Å². The van der Waals surface area contributed by atoms with Gasteiger partial charge in [0.2, 0.25) is 0 Å². The van der Waals surface area contributed by atoms with Crippen molar-refractivity contribution in [3.63, 3.8) is 0 Å². The van der Waals surface area contributed by atoms with Crippen molar-refractivity contribution < 1.29 is 66.1 Å². The smallest absolute Gasteiger partial charge is 0.347 e. The Bertz CT molecular complexity index is 909. The normalized spacial score (nSPS) is 24.9. The first-order chi connectivity index (χ1) is 16.3. The summed E-state index contributed by atoms with van der Waals surface area (Å²) in [6.07, 6.45) is -5.62. The molecule has 0 saturated carbocycles. The number of methoxy groups -OCH3 is 2. The number of rotatable bonds is 9. The van der Waals surface area contributed by atoms with Gasteiger partial charge in [0.15, 0.2) is 23.7 Å². The molecule has 0 radical (unpaired) electrons. The van der Waals surface area contributed by atoms with E-state index in [2.05, 4.69) is 9.47 Å². The van der Waals surface area contributed by atoms with Crippen LogP contribution < -0.4 is 0 Å². The van der Waals surface area contributed by atoms with Gasteiger partial charge in [0, 0.05) is 33.8 Å². The SMILES string of the molecule is COC(=O)/C=C(\C(=O)OC)S(=O)[C@H]1O[C@H](COC(C)=O)[C@@H](OC(C)=O)[C@H](OC(C)=O)[C@H]1OC(C)=O. The minimum absolute atomic E-state index is 0.570. The van der Waals surface area contributed by atoms with Crippen LogP contribution in [0.3, 0.4) is 0 Å². The number of carbonyl (C=O) groups is 6. The Kier molecular flexibility index (Phi) is 11.5. The Balaban J connectivity index is 3.67. The van der Waals surface area contributed by atoms with E-state index in [9.17, 15) is 33.0 Å². The summed E-state index contributed by atoms with van der Waals surface area (Å²) >= 11 is 0. The molecular weight excluding hydrogens is 496 g/mol. The molecule has 1 aliphatic heterocycles. The van der Waals surface area contributed by atoms with Crippen LogP contribution in [0.15, 0.2) is 11.0 Å². The maximum absolute atomic E-state index is 13.4. The third-order valence-electron chi connectivity index (χ3n) is 4.21. The van der Waals surface area contributed by atoms with Crippen molar-refractivity contribution in [2.75, 3.05) is 20.8 Å². The van der Waals surface area contributed by atoms with Crippen LogP contribution in [-0.4, -0.2) is 90.7 Å². The maximum Gasteiger partial charge on any atom is 0.347 e. The number of carbonyl (C=O) groups excluding carboxylic acids is 6. The molecule has 0 N–H and O–H groups in total. The molecule has 1 fully saturated rings. The molecule has 0 aromatic rings. The lowest BCUT2D eigenvalue weighted by molar-refractivity contribution is -0.238. The Hall–Kier alpha value is -3.33. The van der Waals surface area contributed by atoms with Gasteiger partial charge >= 0.3 is 35.8 Å². The van der Waals surface area contributed by atoms with Gasteiger partial charge in [-0.3, -0.25) is 23.4 Å². The second-order valence-corrected chi connectivity index (χ2v) is 8.39. The van der Waals surface area contributed by atoms with E-state index in [-0.39, 0.29) is 0 Å². The number of hydrogen-bond donors (Lipinski definition) is 0. The minimum atomic E-state index is -2.63. The highest BCUT2D eigenvalue weighted by Gasteiger charge is 2.55. The predicted octanol–water partition coefficient (Wildman–Crippen LogP) is -0.952. The van der Waals surface area contributed by atoms with Gasteiger partial charge in [-0.15, -0.1) is 0 Å². The first-order valence-corrected chi connectivity index (χ1v) is 11.1. The molecule has 6 atom stereocenters. The summed E-state index contributed by atoms with van der Waals surface area (Å²) in [7, 11) is -0.666. The largest absolute Gasteiger partial charge is 0.466 e. The van der Waals surface area contributed by atoms with Gasteiger partial charge in [-0.2, -0.15) is 0 Å². The fourth-order valence-corrected chi connectivity index (χ4v) is 4.36. The van der Waals surface area contributed by atoms with Gasteiger partial charge in [0.1, 0.15) is 17.6 Å². The molecule has 1 heterocycles. The van der Waals surface area contributed by atoms with Gasteiger partial charge in [0.05, 0.1) is 25.0 Å². The predicted molar refractivity (Wildman–Crippen MR) is 112 cm³/mol. The minimum Gasteiger partial charge on any atom is -0.466 e. The molecule has 0 aromatic heterocycles. The van der Waals surface area contributed by atoms with Gasteiger partial charge in [-0.25, -0.2) is 9.59 Å². The molecular formula is C20H26O14S. The summed E-state index contributed by atoms with van der Waals surface area (Å²) in [6.45, 7) is 3.54. The van der Waals surface area contributed by atoms with E-state index in [1.807, 2.05) is 0 Å². The molecule has 0 bridgehead atoms. The number of hydrogen-bond acceptors (Lipinski definition) is 14. The second kappa shape index (κ2) is 13.5. The highest BCUT2D eigenvalue weighted by molar-refractivity contribution is 7.90. The average Bonchev–Trinajstić information content (AvgIpc) is 2.76. The number of ether oxygens (including phenoxy) is 7. The lowest BCUT2D eigenvalue weighted by Gasteiger charge is -2.43. The van der Waals surface area contributed by atoms with Crippen molar-refractivity contribution in [3.05, 3.63) is 11.0 Å². The Morgan fingerprint density at radius 2 is 1.29 bits per heavy atom. The molecule has 1 aliphatic rings. The summed E-state index contributed by atoms with van der Waals surface area (Å²) in [5.41, 5.74) is -1.79. The zero-order valence-corrected chi connectivity index (χ0v) is 20.6. The topological polar surface area (TPSA) is 184 Å². The second-order valence-electron chi connectivity index (χ2n) is 6.89. The van der Waals surface area contributed by atoms with Gasteiger partial charge in [-0.05, 0) is 0 Å². The fraction of sp³-hybridized carbons (Fsp3) is 0.600. The molecule has 0 aliphatic carbocycles. The Labute approximate surface area is 202 Å². The molecule has 35 heavy (non-hydrogen) atoms. The van der Waals surface area contributed by atoms with Crippen LogP contribution in [0.2, 0.25) is 0 Å².